The lowest BCUT2D eigenvalue weighted by Crippen LogP contribution is -2.38. The lowest BCUT2D eigenvalue weighted by atomic mass is 9.97. The Morgan fingerprint density at radius 2 is 1.76 bits per heavy atom. The van der Waals surface area contributed by atoms with Crippen LogP contribution in [-0.4, -0.2) is 29.5 Å². The Kier molecular flexibility index (Phi) is 6.56. The van der Waals surface area contributed by atoms with Gasteiger partial charge in [-0.1, -0.05) is 44.2 Å². The molecule has 152 valence electrons. The predicted molar refractivity (Wildman–Crippen MR) is 117 cm³/mol. The van der Waals surface area contributed by atoms with E-state index in [1.807, 2.05) is 30.3 Å². The van der Waals surface area contributed by atoms with Crippen molar-refractivity contribution in [3.8, 4) is 9.88 Å². The second kappa shape index (κ2) is 9.50. The summed E-state index contributed by atoms with van der Waals surface area (Å²) in [5.74, 6) is -0.679. The molecule has 0 bridgehead atoms. The van der Waals surface area contributed by atoms with Gasteiger partial charge in [0.25, 0.3) is 5.91 Å². The molecular formula is C22H24N2O3S2. The highest BCUT2D eigenvalue weighted by molar-refractivity contribution is 7.26. The van der Waals surface area contributed by atoms with Crippen LogP contribution in [-0.2, 0) is 9.53 Å². The molecule has 1 saturated carbocycles. The highest BCUT2D eigenvalue weighted by atomic mass is 32.1. The van der Waals surface area contributed by atoms with Crippen molar-refractivity contribution in [1.82, 2.24) is 10.3 Å². The van der Waals surface area contributed by atoms with Gasteiger partial charge in [0.15, 0.2) is 6.61 Å². The van der Waals surface area contributed by atoms with Gasteiger partial charge in [0.2, 0.25) is 0 Å². The molecule has 0 atom stereocenters. The van der Waals surface area contributed by atoms with Gasteiger partial charge >= 0.3 is 5.97 Å². The maximum Gasteiger partial charge on any atom is 0.348 e. The predicted octanol–water partition coefficient (Wildman–Crippen LogP) is 5.41. The van der Waals surface area contributed by atoms with E-state index in [2.05, 4.69) is 10.3 Å². The summed E-state index contributed by atoms with van der Waals surface area (Å²) in [4.78, 5) is 30.6. The number of thiophene rings is 1. The first-order valence-electron chi connectivity index (χ1n) is 10.1. The van der Waals surface area contributed by atoms with Crippen molar-refractivity contribution in [3.05, 3.63) is 41.3 Å². The van der Waals surface area contributed by atoms with Gasteiger partial charge in [0.05, 0.1) is 15.1 Å². The minimum atomic E-state index is -0.463. The minimum Gasteiger partial charge on any atom is -0.451 e. The number of para-hydroxylation sites is 1. The average Bonchev–Trinajstić information content (AvgIpc) is 3.35. The SMILES string of the molecule is O=C(COC(=O)c1ccc(-c2nc3ccccc3s2)s1)NC1CCCCCCC1. The normalized spacial score (nSPS) is 15.6. The van der Waals surface area contributed by atoms with Crippen LogP contribution in [0, 0.1) is 0 Å². The molecule has 0 aliphatic heterocycles. The first kappa shape index (κ1) is 20.0. The number of amides is 1. The van der Waals surface area contributed by atoms with Crippen LogP contribution in [0.25, 0.3) is 20.1 Å². The summed E-state index contributed by atoms with van der Waals surface area (Å²) in [5.41, 5.74) is 0.955. The maximum atomic E-state index is 12.3. The number of nitrogens with one attached hydrogen (secondary N) is 1. The summed E-state index contributed by atoms with van der Waals surface area (Å²) >= 11 is 2.94. The summed E-state index contributed by atoms with van der Waals surface area (Å²) in [6.45, 7) is -0.232. The molecule has 0 saturated heterocycles. The van der Waals surface area contributed by atoms with Gasteiger partial charge < -0.3 is 10.1 Å². The van der Waals surface area contributed by atoms with Gasteiger partial charge in [0, 0.05) is 6.04 Å². The number of rotatable bonds is 5. The zero-order valence-electron chi connectivity index (χ0n) is 16.2. The van der Waals surface area contributed by atoms with Crippen LogP contribution in [0.4, 0.5) is 0 Å². The van der Waals surface area contributed by atoms with E-state index in [-0.39, 0.29) is 18.6 Å². The van der Waals surface area contributed by atoms with Crippen LogP contribution in [0.15, 0.2) is 36.4 Å². The molecule has 0 unspecified atom stereocenters. The molecule has 7 heteroatoms. The first-order valence-corrected chi connectivity index (χ1v) is 11.7. The fourth-order valence-electron chi connectivity index (χ4n) is 3.61. The maximum absolute atomic E-state index is 12.3. The van der Waals surface area contributed by atoms with E-state index in [1.54, 1.807) is 17.4 Å². The van der Waals surface area contributed by atoms with E-state index in [0.717, 1.165) is 45.8 Å². The van der Waals surface area contributed by atoms with Gasteiger partial charge in [-0.25, -0.2) is 9.78 Å². The number of thiazole rings is 1. The van der Waals surface area contributed by atoms with Crippen LogP contribution in [0.5, 0.6) is 0 Å². The number of ether oxygens (including phenoxy) is 1. The van der Waals surface area contributed by atoms with E-state index in [9.17, 15) is 9.59 Å². The molecule has 1 amide bonds. The van der Waals surface area contributed by atoms with E-state index >= 15 is 0 Å². The van der Waals surface area contributed by atoms with Gasteiger partial charge in [-0.15, -0.1) is 22.7 Å². The Morgan fingerprint density at radius 1 is 1.00 bits per heavy atom. The molecule has 0 radical (unpaired) electrons. The van der Waals surface area contributed by atoms with Crippen molar-refractivity contribution in [2.24, 2.45) is 0 Å². The monoisotopic (exact) mass is 428 g/mol. The number of carbonyl (C=O) groups is 2. The number of esters is 1. The van der Waals surface area contributed by atoms with Crippen molar-refractivity contribution < 1.29 is 14.3 Å². The van der Waals surface area contributed by atoms with E-state index in [4.69, 9.17) is 4.74 Å². The van der Waals surface area contributed by atoms with Gasteiger partial charge in [0.1, 0.15) is 9.88 Å². The fraction of sp³-hybridized carbons (Fsp3) is 0.409. The van der Waals surface area contributed by atoms with Crippen molar-refractivity contribution in [2.75, 3.05) is 6.61 Å². The third-order valence-electron chi connectivity index (χ3n) is 5.12. The molecule has 2 aromatic heterocycles. The second-order valence-electron chi connectivity index (χ2n) is 7.34. The molecule has 4 rings (SSSR count). The third-order valence-corrected chi connectivity index (χ3v) is 7.39. The first-order chi connectivity index (χ1) is 14.2. The quantitative estimate of drug-likeness (QED) is 0.552. The van der Waals surface area contributed by atoms with Crippen LogP contribution < -0.4 is 5.32 Å². The van der Waals surface area contributed by atoms with Gasteiger partial charge in [-0.3, -0.25) is 4.79 Å². The molecule has 1 N–H and O–H groups in total. The number of carbonyl (C=O) groups excluding carboxylic acids is 2. The fourth-order valence-corrected chi connectivity index (χ4v) is 5.53. The van der Waals surface area contributed by atoms with Crippen LogP contribution >= 0.6 is 22.7 Å². The lowest BCUT2D eigenvalue weighted by Gasteiger charge is -2.20. The van der Waals surface area contributed by atoms with Crippen LogP contribution in [0.2, 0.25) is 0 Å². The number of hydrogen-bond acceptors (Lipinski definition) is 6. The van der Waals surface area contributed by atoms with Crippen molar-refractivity contribution >= 4 is 44.8 Å². The second-order valence-corrected chi connectivity index (χ2v) is 9.45. The number of hydrogen-bond donors (Lipinski definition) is 1. The summed E-state index contributed by atoms with van der Waals surface area (Å²) in [5, 5.41) is 3.90. The summed E-state index contributed by atoms with van der Waals surface area (Å²) in [6.07, 6.45) is 8.07. The van der Waals surface area contributed by atoms with Gasteiger partial charge in [-0.2, -0.15) is 0 Å². The lowest BCUT2D eigenvalue weighted by molar-refractivity contribution is -0.125. The number of nitrogens with zero attached hydrogens (tertiary/aromatic N) is 1. The standard InChI is InChI=1S/C22H24N2O3S2/c25-20(23-15-8-4-2-1-3-5-9-15)14-27-22(26)19-13-12-18(28-19)21-24-16-10-6-7-11-17(16)29-21/h6-7,10-13,15H,1-5,8-9,14H2,(H,23,25). The Hall–Kier alpha value is -2.25. The Labute approximate surface area is 178 Å². The Morgan fingerprint density at radius 3 is 2.55 bits per heavy atom. The molecule has 1 aliphatic rings. The molecule has 3 aromatic rings. The molecule has 1 aromatic carbocycles. The third kappa shape index (κ3) is 5.22. The highest BCUT2D eigenvalue weighted by Gasteiger charge is 2.18. The molecular weight excluding hydrogens is 404 g/mol. The topological polar surface area (TPSA) is 68.3 Å². The van der Waals surface area contributed by atoms with Gasteiger partial charge in [-0.05, 0) is 37.1 Å². The van der Waals surface area contributed by atoms with E-state index in [1.165, 1.54) is 30.6 Å². The molecule has 29 heavy (non-hydrogen) atoms. The zero-order chi connectivity index (χ0) is 20.1. The van der Waals surface area contributed by atoms with E-state index in [0.29, 0.717) is 4.88 Å². The van der Waals surface area contributed by atoms with Crippen molar-refractivity contribution in [1.29, 1.82) is 0 Å². The number of fused-ring (bicyclic) bond motifs is 1. The van der Waals surface area contributed by atoms with E-state index < -0.39 is 5.97 Å². The smallest absolute Gasteiger partial charge is 0.348 e. The van der Waals surface area contributed by atoms with Crippen molar-refractivity contribution in [3.63, 3.8) is 0 Å². The zero-order valence-corrected chi connectivity index (χ0v) is 17.8. The number of aromatic nitrogens is 1. The molecule has 0 spiro atoms. The van der Waals surface area contributed by atoms with Crippen LogP contribution in [0.1, 0.15) is 54.6 Å². The average molecular weight is 429 g/mol. The molecule has 1 aliphatic carbocycles. The largest absolute Gasteiger partial charge is 0.451 e. The summed E-state index contributed by atoms with van der Waals surface area (Å²) in [7, 11) is 0. The van der Waals surface area contributed by atoms with Crippen LogP contribution in [0.3, 0.4) is 0 Å². The Bertz CT molecular complexity index is 954. The molecule has 1 fully saturated rings. The summed E-state index contributed by atoms with van der Waals surface area (Å²) in [6, 6.07) is 11.8. The highest BCUT2D eigenvalue weighted by Crippen LogP contribution is 2.34. The number of benzene rings is 1. The minimum absolute atomic E-state index is 0.203. The summed E-state index contributed by atoms with van der Waals surface area (Å²) < 4.78 is 6.35. The molecule has 5 nitrogen and oxygen atoms in total. The molecule has 2 heterocycles. The Balaban J connectivity index is 1.31. The van der Waals surface area contributed by atoms with Crippen molar-refractivity contribution in [2.45, 2.75) is 51.0 Å².